The van der Waals surface area contributed by atoms with E-state index in [4.69, 9.17) is 4.74 Å². The van der Waals surface area contributed by atoms with Gasteiger partial charge in [0.2, 0.25) is 0 Å². The zero-order valence-electron chi connectivity index (χ0n) is 5.99. The minimum absolute atomic E-state index is 0.0219. The summed E-state index contributed by atoms with van der Waals surface area (Å²) in [7, 11) is 0. The smallest absolute Gasteiger partial charge is 0.253 e. The van der Waals surface area contributed by atoms with Crippen molar-refractivity contribution in [3.63, 3.8) is 0 Å². The topological polar surface area (TPSA) is 41.9 Å². The minimum atomic E-state index is 0.0219. The highest BCUT2D eigenvalue weighted by atomic mass is 16.5. The van der Waals surface area contributed by atoms with Crippen LogP contribution in [0.1, 0.15) is 0 Å². The zero-order valence-corrected chi connectivity index (χ0v) is 5.99. The molecule has 0 spiro atoms. The van der Waals surface area contributed by atoms with E-state index in [-0.39, 0.29) is 12.5 Å². The van der Waals surface area contributed by atoms with Gasteiger partial charge in [0.25, 0.3) is 5.91 Å². The van der Waals surface area contributed by atoms with Crippen molar-refractivity contribution in [2.24, 2.45) is 4.99 Å². The number of carbonyl (C=O) groups excluding carboxylic acids is 1. The van der Waals surface area contributed by atoms with Gasteiger partial charge in [0.1, 0.15) is 6.61 Å². The third-order valence-electron chi connectivity index (χ3n) is 1.72. The van der Waals surface area contributed by atoms with E-state index in [9.17, 15) is 4.79 Å². The van der Waals surface area contributed by atoms with Crippen molar-refractivity contribution in [3.8, 4) is 0 Å². The number of amides is 1. The van der Waals surface area contributed by atoms with E-state index in [1.807, 2.05) is 0 Å². The van der Waals surface area contributed by atoms with E-state index in [1.165, 1.54) is 0 Å². The highest BCUT2D eigenvalue weighted by Crippen LogP contribution is 2.12. The molecular formula is C7H8N2O2. The lowest BCUT2D eigenvalue weighted by Crippen LogP contribution is -2.41. The van der Waals surface area contributed by atoms with Gasteiger partial charge in [0.15, 0.2) is 0 Å². The Morgan fingerprint density at radius 2 is 2.45 bits per heavy atom. The SMILES string of the molecule is O=C1COCC2=CN=CCN12. The largest absolute Gasteiger partial charge is 0.365 e. The number of nitrogens with zero attached hydrogens (tertiary/aromatic N) is 2. The maximum absolute atomic E-state index is 11.1. The van der Waals surface area contributed by atoms with Crippen molar-refractivity contribution in [2.45, 2.75) is 0 Å². The third-order valence-corrected chi connectivity index (χ3v) is 1.72. The molecule has 11 heavy (non-hydrogen) atoms. The Hall–Kier alpha value is -1.16. The molecule has 1 fully saturated rings. The molecule has 2 rings (SSSR count). The molecule has 1 saturated heterocycles. The van der Waals surface area contributed by atoms with Crippen molar-refractivity contribution in [1.29, 1.82) is 0 Å². The summed E-state index contributed by atoms with van der Waals surface area (Å²) in [5, 5.41) is 0. The Kier molecular flexibility index (Phi) is 1.47. The second kappa shape index (κ2) is 2.47. The van der Waals surface area contributed by atoms with Crippen LogP contribution in [0.3, 0.4) is 0 Å². The van der Waals surface area contributed by atoms with E-state index in [0.29, 0.717) is 13.2 Å². The maximum Gasteiger partial charge on any atom is 0.253 e. The number of hydrogen-bond donors (Lipinski definition) is 0. The molecule has 4 heteroatoms. The summed E-state index contributed by atoms with van der Waals surface area (Å²) in [4.78, 5) is 16.8. The van der Waals surface area contributed by atoms with Crippen LogP contribution in [0.4, 0.5) is 0 Å². The van der Waals surface area contributed by atoms with Crippen LogP contribution in [0.2, 0.25) is 0 Å². The predicted octanol–water partition coefficient (Wildman–Crippen LogP) is -0.229. The lowest BCUT2D eigenvalue weighted by molar-refractivity contribution is -0.137. The Balaban J connectivity index is 2.24. The molecule has 0 unspecified atom stereocenters. The molecule has 2 aliphatic heterocycles. The first-order valence-electron chi connectivity index (χ1n) is 3.47. The van der Waals surface area contributed by atoms with Gasteiger partial charge < -0.3 is 9.64 Å². The molecule has 0 aromatic heterocycles. The number of hydrogen-bond acceptors (Lipinski definition) is 3. The molecule has 0 saturated carbocycles. The summed E-state index contributed by atoms with van der Waals surface area (Å²) in [6.07, 6.45) is 3.38. The maximum atomic E-state index is 11.1. The summed E-state index contributed by atoms with van der Waals surface area (Å²) in [6, 6.07) is 0. The van der Waals surface area contributed by atoms with Gasteiger partial charge in [-0.05, 0) is 0 Å². The van der Waals surface area contributed by atoms with Crippen LogP contribution < -0.4 is 0 Å². The van der Waals surface area contributed by atoms with Crippen molar-refractivity contribution in [3.05, 3.63) is 11.9 Å². The molecule has 0 atom stereocenters. The molecule has 0 aliphatic carbocycles. The van der Waals surface area contributed by atoms with Crippen LogP contribution in [0, 0.1) is 0 Å². The molecule has 2 heterocycles. The molecule has 0 aromatic carbocycles. The molecule has 4 nitrogen and oxygen atoms in total. The normalized spacial score (nSPS) is 23.1. The van der Waals surface area contributed by atoms with Gasteiger partial charge in [-0.15, -0.1) is 0 Å². The van der Waals surface area contributed by atoms with Crippen molar-refractivity contribution >= 4 is 12.1 Å². The lowest BCUT2D eigenvalue weighted by Gasteiger charge is -2.29. The number of carbonyl (C=O) groups is 1. The molecule has 0 aromatic rings. The van der Waals surface area contributed by atoms with Crippen LogP contribution in [0.5, 0.6) is 0 Å². The van der Waals surface area contributed by atoms with Crippen LogP contribution in [0.25, 0.3) is 0 Å². The number of aliphatic imine (C=N–C) groups is 1. The molecule has 0 N–H and O–H groups in total. The summed E-state index contributed by atoms with van der Waals surface area (Å²) >= 11 is 0. The summed E-state index contributed by atoms with van der Waals surface area (Å²) in [5.41, 5.74) is 0.865. The second-order valence-corrected chi connectivity index (χ2v) is 2.45. The average molecular weight is 152 g/mol. The van der Waals surface area contributed by atoms with Crippen molar-refractivity contribution < 1.29 is 9.53 Å². The average Bonchev–Trinajstić information content (AvgIpc) is 2.06. The van der Waals surface area contributed by atoms with Crippen LogP contribution >= 0.6 is 0 Å². The van der Waals surface area contributed by atoms with Crippen molar-refractivity contribution in [1.82, 2.24) is 4.90 Å². The monoisotopic (exact) mass is 152 g/mol. The van der Waals surface area contributed by atoms with Gasteiger partial charge in [-0.1, -0.05) is 0 Å². The Morgan fingerprint density at radius 3 is 3.27 bits per heavy atom. The molecule has 1 amide bonds. The van der Waals surface area contributed by atoms with E-state index in [0.717, 1.165) is 5.70 Å². The highest BCUT2D eigenvalue weighted by Gasteiger charge is 2.23. The standard InChI is InChI=1S/C7H8N2O2/c10-7-5-11-4-6-3-8-1-2-9(6)7/h1,3H,2,4-5H2. The highest BCUT2D eigenvalue weighted by molar-refractivity contribution is 5.83. The Labute approximate surface area is 64.2 Å². The summed E-state index contributed by atoms with van der Waals surface area (Å²) in [5.74, 6) is 0.0219. The lowest BCUT2D eigenvalue weighted by atomic mass is 10.3. The Bertz CT molecular complexity index is 245. The summed E-state index contributed by atoms with van der Waals surface area (Å²) < 4.78 is 5.02. The van der Waals surface area contributed by atoms with E-state index in [1.54, 1.807) is 17.3 Å². The minimum Gasteiger partial charge on any atom is -0.365 e. The zero-order chi connectivity index (χ0) is 7.68. The van der Waals surface area contributed by atoms with Gasteiger partial charge >= 0.3 is 0 Å². The first-order valence-corrected chi connectivity index (χ1v) is 3.47. The van der Waals surface area contributed by atoms with Gasteiger partial charge in [-0.2, -0.15) is 0 Å². The first kappa shape index (κ1) is 6.54. The molecular weight excluding hydrogens is 144 g/mol. The van der Waals surface area contributed by atoms with E-state index >= 15 is 0 Å². The quantitative estimate of drug-likeness (QED) is 0.481. The van der Waals surface area contributed by atoms with Gasteiger partial charge in [0, 0.05) is 12.4 Å². The van der Waals surface area contributed by atoms with Gasteiger partial charge in [0.05, 0.1) is 18.8 Å². The van der Waals surface area contributed by atoms with Crippen LogP contribution in [0.15, 0.2) is 16.9 Å². The van der Waals surface area contributed by atoms with E-state index < -0.39 is 0 Å². The fourth-order valence-corrected chi connectivity index (χ4v) is 1.15. The number of rotatable bonds is 0. The first-order chi connectivity index (χ1) is 5.38. The third kappa shape index (κ3) is 1.05. The van der Waals surface area contributed by atoms with E-state index in [2.05, 4.69) is 4.99 Å². The van der Waals surface area contributed by atoms with Gasteiger partial charge in [-0.25, -0.2) is 0 Å². The molecule has 2 aliphatic rings. The Morgan fingerprint density at radius 1 is 1.55 bits per heavy atom. The fraction of sp³-hybridized carbons (Fsp3) is 0.429. The van der Waals surface area contributed by atoms with Crippen LogP contribution in [-0.4, -0.2) is 36.8 Å². The summed E-state index contributed by atoms with van der Waals surface area (Å²) in [6.45, 7) is 1.29. The van der Waals surface area contributed by atoms with Gasteiger partial charge in [-0.3, -0.25) is 9.79 Å². The fourth-order valence-electron chi connectivity index (χ4n) is 1.15. The number of morpholine rings is 1. The van der Waals surface area contributed by atoms with Crippen molar-refractivity contribution in [2.75, 3.05) is 19.8 Å². The molecule has 58 valence electrons. The van der Waals surface area contributed by atoms with Crippen LogP contribution in [-0.2, 0) is 9.53 Å². The number of ether oxygens (including phenoxy) is 1. The molecule has 0 bridgehead atoms. The number of fused-ring (bicyclic) bond motifs is 1. The molecule has 0 radical (unpaired) electrons. The predicted molar refractivity (Wildman–Crippen MR) is 39.1 cm³/mol. The second-order valence-electron chi connectivity index (χ2n) is 2.45.